The number of ether oxygens (including phenoxy) is 2. The van der Waals surface area contributed by atoms with Crippen LogP contribution in [0.1, 0.15) is 99.6 Å². The number of nitrogen functional groups attached to an aromatic ring is 1. The number of nitrogens with two attached hydrogens (primary N) is 1. The predicted molar refractivity (Wildman–Crippen MR) is 174 cm³/mol. The summed E-state index contributed by atoms with van der Waals surface area (Å²) in [6.07, 6.45) is 4.45. The zero-order chi connectivity index (χ0) is 32.7. The Morgan fingerprint density at radius 2 is 1.71 bits per heavy atom. The molecule has 2 aromatic heterocycles. The number of fused-ring (bicyclic) bond motifs is 2. The molecule has 1 saturated carbocycles. The van der Waals surface area contributed by atoms with E-state index >= 15 is 0 Å². The molecule has 248 valence electrons. The van der Waals surface area contributed by atoms with E-state index in [0.717, 1.165) is 25.7 Å². The molecule has 3 aliphatic rings. The summed E-state index contributed by atoms with van der Waals surface area (Å²) in [5.74, 6) is 0.173. The lowest BCUT2D eigenvalue weighted by atomic mass is 9.87. The van der Waals surface area contributed by atoms with Crippen molar-refractivity contribution in [2.75, 3.05) is 12.3 Å². The summed E-state index contributed by atoms with van der Waals surface area (Å²) in [6, 6.07) is 5.93. The van der Waals surface area contributed by atoms with Gasteiger partial charge in [0.2, 0.25) is 5.60 Å². The van der Waals surface area contributed by atoms with Crippen molar-refractivity contribution in [1.82, 2.24) is 14.6 Å². The highest BCUT2D eigenvalue weighted by Crippen LogP contribution is 2.51. The van der Waals surface area contributed by atoms with Gasteiger partial charge >= 0.3 is 23.1 Å². The van der Waals surface area contributed by atoms with Gasteiger partial charge in [0, 0.05) is 6.42 Å². The number of nitrogens with zero attached hydrogens (tertiary/aromatic N) is 4. The highest BCUT2D eigenvalue weighted by Gasteiger charge is 2.67. The molecule has 45 heavy (non-hydrogen) atoms. The Kier molecular flexibility index (Phi) is 9.85. The number of esters is 1. The van der Waals surface area contributed by atoms with Gasteiger partial charge in [0.05, 0.1) is 12.3 Å². The number of aromatic nitrogens is 3. The molecular weight excluding hydrogens is 607 g/mol. The maximum absolute atomic E-state index is 13.8. The fourth-order valence-corrected chi connectivity index (χ4v) is 19.0. The highest BCUT2D eigenvalue weighted by atomic mass is 28.5. The van der Waals surface area contributed by atoms with Crippen molar-refractivity contribution in [3.8, 4) is 6.07 Å². The van der Waals surface area contributed by atoms with Gasteiger partial charge in [-0.3, -0.25) is 4.79 Å². The third kappa shape index (κ3) is 5.87. The SMILES string of the molecule is CC(C)[Si]1(C(C)C)OC[C@H]2O[C@@](C#N)(c3ccc4c(N)ncnn34)[C@H](OC(=O)CC3CCCCC3)[C@@H]2O[Si](C(C)C)(C(C)C)O1. The summed E-state index contributed by atoms with van der Waals surface area (Å²) < 4.78 is 36.4. The van der Waals surface area contributed by atoms with E-state index < -0.39 is 41.0 Å². The summed E-state index contributed by atoms with van der Waals surface area (Å²) in [7, 11) is -6.00. The fourth-order valence-electron chi connectivity index (χ4n) is 7.76. The van der Waals surface area contributed by atoms with Gasteiger partial charge in [0.25, 0.3) is 0 Å². The van der Waals surface area contributed by atoms with Gasteiger partial charge in [-0.2, -0.15) is 10.4 Å². The second-order valence-electron chi connectivity index (χ2n) is 14.3. The number of carbonyl (C=O) groups is 1. The van der Waals surface area contributed by atoms with Crippen LogP contribution in [0.4, 0.5) is 5.82 Å². The van der Waals surface area contributed by atoms with Crippen LogP contribution in [0.3, 0.4) is 0 Å². The Morgan fingerprint density at radius 1 is 1.07 bits per heavy atom. The lowest BCUT2D eigenvalue weighted by Gasteiger charge is -2.51. The average Bonchev–Trinajstić information content (AvgIpc) is 3.54. The molecule has 0 spiro atoms. The summed E-state index contributed by atoms with van der Waals surface area (Å²) in [4.78, 5) is 17.9. The minimum Gasteiger partial charge on any atom is -0.455 e. The molecule has 0 aromatic carbocycles. The summed E-state index contributed by atoms with van der Waals surface area (Å²) in [5.41, 5.74) is 5.74. The molecule has 4 atom stereocenters. The van der Waals surface area contributed by atoms with Crippen molar-refractivity contribution in [2.45, 2.75) is 140 Å². The molecule has 1 aliphatic carbocycles. The first-order valence-electron chi connectivity index (χ1n) is 16.7. The molecule has 11 nitrogen and oxygen atoms in total. The Bertz CT molecular complexity index is 1390. The topological polar surface area (TPSA) is 143 Å². The van der Waals surface area contributed by atoms with Gasteiger partial charge in [-0.05, 0) is 53.1 Å². The monoisotopic (exact) mass is 657 g/mol. The Hall–Kier alpha value is -2.35. The number of hydrogen-bond acceptors (Lipinski definition) is 10. The molecule has 4 heterocycles. The fraction of sp³-hybridized carbons (Fsp3) is 0.750. The first-order valence-corrected chi connectivity index (χ1v) is 20.6. The van der Waals surface area contributed by atoms with Gasteiger partial charge in [-0.25, -0.2) is 9.50 Å². The first kappa shape index (κ1) is 34.0. The predicted octanol–water partition coefficient (Wildman–Crippen LogP) is 6.27. The number of anilines is 1. The number of carbonyl (C=O) groups excluding carboxylic acids is 1. The molecule has 0 amide bonds. The summed E-state index contributed by atoms with van der Waals surface area (Å²) in [6.45, 7) is 17.3. The number of hydrogen-bond donors (Lipinski definition) is 1. The van der Waals surface area contributed by atoms with Crippen LogP contribution in [-0.4, -0.2) is 62.6 Å². The van der Waals surface area contributed by atoms with Crippen LogP contribution in [-0.2, 0) is 32.8 Å². The maximum Gasteiger partial charge on any atom is 0.335 e. The Balaban J connectivity index is 1.65. The van der Waals surface area contributed by atoms with Gasteiger partial charge in [-0.1, -0.05) is 74.7 Å². The van der Waals surface area contributed by atoms with Crippen molar-refractivity contribution in [1.29, 1.82) is 5.26 Å². The normalized spacial score (nSPS) is 28.7. The van der Waals surface area contributed by atoms with Gasteiger partial charge in [0.1, 0.15) is 30.1 Å². The van der Waals surface area contributed by atoms with Crippen LogP contribution >= 0.6 is 0 Å². The first-order chi connectivity index (χ1) is 21.3. The minimum atomic E-state index is -3.12. The summed E-state index contributed by atoms with van der Waals surface area (Å²) in [5, 5.41) is 15.5. The maximum atomic E-state index is 13.8. The minimum absolute atomic E-state index is 0.0431. The van der Waals surface area contributed by atoms with Crippen LogP contribution in [0.15, 0.2) is 18.5 Å². The van der Waals surface area contributed by atoms with Crippen molar-refractivity contribution < 1.29 is 27.2 Å². The molecule has 0 unspecified atom stereocenters. The van der Waals surface area contributed by atoms with Crippen molar-refractivity contribution in [3.63, 3.8) is 0 Å². The standard InChI is InChI=1S/C32H51N5O6Si2/c1-20(2)44(21(3)4)39-17-26-29(42-45(43-44,22(5)6)23(7)8)30(40-28(38)16-24-12-10-9-11-13-24)32(18-33,41-26)27-15-14-25-31(34)35-19-36-37(25)27/h14-15,19-24,26,29-30H,9-13,16-17H2,1-8H3,(H2,34,35,36)/t26-,29-,30-,32+/m1/s1. The number of rotatable bonds is 8. The molecule has 2 aliphatic heterocycles. The lowest BCUT2D eigenvalue weighted by Crippen LogP contribution is -2.66. The zero-order valence-corrected chi connectivity index (χ0v) is 30.1. The third-order valence-electron chi connectivity index (χ3n) is 10.2. The Labute approximate surface area is 269 Å². The Morgan fingerprint density at radius 3 is 2.31 bits per heavy atom. The quantitative estimate of drug-likeness (QED) is 0.255. The van der Waals surface area contributed by atoms with E-state index in [4.69, 9.17) is 28.2 Å². The molecule has 0 bridgehead atoms. The van der Waals surface area contributed by atoms with Crippen LogP contribution in [0, 0.1) is 17.2 Å². The largest absolute Gasteiger partial charge is 0.455 e. The molecule has 2 aromatic rings. The molecule has 2 saturated heterocycles. The van der Waals surface area contributed by atoms with Crippen LogP contribution in [0.2, 0.25) is 22.2 Å². The smallest absolute Gasteiger partial charge is 0.335 e. The average molecular weight is 658 g/mol. The van der Waals surface area contributed by atoms with Crippen LogP contribution in [0.25, 0.3) is 5.52 Å². The molecule has 3 fully saturated rings. The van der Waals surface area contributed by atoms with E-state index in [0.29, 0.717) is 17.6 Å². The molecule has 2 N–H and O–H groups in total. The van der Waals surface area contributed by atoms with E-state index in [-0.39, 0.29) is 46.5 Å². The molecule has 5 rings (SSSR count). The third-order valence-corrected chi connectivity index (χ3v) is 20.4. The van der Waals surface area contributed by atoms with Crippen molar-refractivity contribution in [2.24, 2.45) is 5.92 Å². The number of nitriles is 1. The van der Waals surface area contributed by atoms with Crippen molar-refractivity contribution in [3.05, 3.63) is 24.2 Å². The molecule has 0 radical (unpaired) electrons. The zero-order valence-electron chi connectivity index (χ0n) is 28.1. The van der Waals surface area contributed by atoms with E-state index in [2.05, 4.69) is 71.5 Å². The second kappa shape index (κ2) is 13.0. The van der Waals surface area contributed by atoms with Gasteiger partial charge in [-0.15, -0.1) is 0 Å². The second-order valence-corrected chi connectivity index (χ2v) is 23.2. The van der Waals surface area contributed by atoms with Crippen molar-refractivity contribution >= 4 is 34.4 Å². The molecule has 13 heteroatoms. The lowest BCUT2D eigenvalue weighted by molar-refractivity contribution is -0.161. The highest BCUT2D eigenvalue weighted by molar-refractivity contribution is 6.84. The van der Waals surface area contributed by atoms with Crippen LogP contribution in [0.5, 0.6) is 0 Å². The van der Waals surface area contributed by atoms with Crippen LogP contribution < -0.4 is 5.73 Å². The molecular formula is C32H51N5O6Si2. The van der Waals surface area contributed by atoms with E-state index in [9.17, 15) is 10.1 Å². The van der Waals surface area contributed by atoms with Gasteiger partial charge < -0.3 is 28.2 Å². The van der Waals surface area contributed by atoms with E-state index in [1.165, 1.54) is 12.7 Å². The summed E-state index contributed by atoms with van der Waals surface area (Å²) >= 11 is 0. The van der Waals surface area contributed by atoms with E-state index in [1.807, 2.05) is 0 Å². The van der Waals surface area contributed by atoms with E-state index in [1.54, 1.807) is 16.6 Å². The van der Waals surface area contributed by atoms with Gasteiger partial charge in [0.15, 0.2) is 11.9 Å².